The molecule has 0 radical (unpaired) electrons. The molecule has 0 spiro atoms. The first-order valence-corrected chi connectivity index (χ1v) is 12.9. The van der Waals surface area contributed by atoms with Crippen molar-refractivity contribution in [3.63, 3.8) is 0 Å². The van der Waals surface area contributed by atoms with Crippen molar-refractivity contribution in [1.29, 1.82) is 5.26 Å². The molecular weight excluding hydrogens is 466 g/mol. The maximum absolute atomic E-state index is 13.5. The molecule has 0 bridgehead atoms. The molecule has 5 atom stereocenters. The molecule has 3 aliphatic rings. The van der Waals surface area contributed by atoms with E-state index in [1.54, 1.807) is 11.8 Å². The summed E-state index contributed by atoms with van der Waals surface area (Å²) in [5, 5.41) is 12.0. The maximum Gasteiger partial charge on any atom is 0.329 e. The van der Waals surface area contributed by atoms with Crippen LogP contribution >= 0.6 is 0 Å². The van der Waals surface area contributed by atoms with Crippen molar-refractivity contribution < 1.29 is 28.7 Å². The summed E-state index contributed by atoms with van der Waals surface area (Å²) in [6.45, 7) is 6.45. The predicted octanol–water partition coefficient (Wildman–Crippen LogP) is 0.575. The number of nitriles is 1. The second-order valence-electron chi connectivity index (χ2n) is 10.3. The Bertz CT molecular complexity index is 902. The molecule has 11 heteroatoms. The molecule has 5 unspecified atom stereocenters. The van der Waals surface area contributed by atoms with Crippen LogP contribution in [0.25, 0.3) is 0 Å². The van der Waals surface area contributed by atoms with Crippen molar-refractivity contribution in [2.45, 2.75) is 96.0 Å². The zero-order chi connectivity index (χ0) is 26.4. The second-order valence-corrected chi connectivity index (χ2v) is 10.3. The summed E-state index contributed by atoms with van der Waals surface area (Å²) in [5.74, 6) is -1.72. The number of likely N-dealkylation sites (tertiary alicyclic amines) is 3. The van der Waals surface area contributed by atoms with E-state index in [9.17, 15) is 24.0 Å². The van der Waals surface area contributed by atoms with E-state index >= 15 is 0 Å². The monoisotopic (exact) mass is 503 g/mol. The van der Waals surface area contributed by atoms with Gasteiger partial charge in [-0.05, 0) is 59.3 Å². The summed E-state index contributed by atoms with van der Waals surface area (Å²) in [7, 11) is 0. The largest absolute Gasteiger partial charge is 0.461 e. The number of piperidine rings is 1. The standard InChI is InChI=1S/C25H37N5O6/c1-16(2)27-23(33)19-7-4-5-9-30(19)24(34)20-8-6-10-29(20)22(32)11-17(3)36-25(35)21-12-18(13-26)14-28(21)15-31/h15-21H,4-12,14H2,1-3H3,(H,27,33). The Morgan fingerprint density at radius 2 is 1.72 bits per heavy atom. The number of nitrogens with zero attached hydrogens (tertiary/aromatic N) is 4. The Hall–Kier alpha value is -3.16. The molecule has 3 saturated heterocycles. The lowest BCUT2D eigenvalue weighted by molar-refractivity contribution is -0.158. The molecular formula is C25H37N5O6. The molecule has 1 N–H and O–H groups in total. The van der Waals surface area contributed by atoms with Crippen LogP contribution in [0.15, 0.2) is 0 Å². The highest BCUT2D eigenvalue weighted by Gasteiger charge is 2.42. The molecule has 0 aromatic rings. The zero-order valence-electron chi connectivity index (χ0n) is 21.4. The van der Waals surface area contributed by atoms with E-state index in [0.29, 0.717) is 38.8 Å². The molecule has 198 valence electrons. The number of ether oxygens (including phenoxy) is 1. The summed E-state index contributed by atoms with van der Waals surface area (Å²) in [6.07, 6.45) is 3.39. The zero-order valence-corrected chi connectivity index (χ0v) is 21.4. The molecule has 3 heterocycles. The highest BCUT2D eigenvalue weighted by molar-refractivity contribution is 5.93. The van der Waals surface area contributed by atoms with Gasteiger partial charge in [-0.25, -0.2) is 4.79 Å². The Labute approximate surface area is 212 Å². The number of esters is 1. The van der Waals surface area contributed by atoms with E-state index in [4.69, 9.17) is 10.00 Å². The Morgan fingerprint density at radius 1 is 1.03 bits per heavy atom. The maximum atomic E-state index is 13.5. The lowest BCUT2D eigenvalue weighted by Crippen LogP contribution is -2.57. The van der Waals surface area contributed by atoms with Gasteiger partial charge >= 0.3 is 5.97 Å². The average molecular weight is 504 g/mol. The van der Waals surface area contributed by atoms with Gasteiger partial charge in [0.2, 0.25) is 24.1 Å². The van der Waals surface area contributed by atoms with Gasteiger partial charge < -0.3 is 24.8 Å². The fraction of sp³-hybridized carbons (Fsp3) is 0.760. The molecule has 3 fully saturated rings. The number of hydrogen-bond acceptors (Lipinski definition) is 7. The van der Waals surface area contributed by atoms with E-state index in [2.05, 4.69) is 11.4 Å². The number of nitrogens with one attached hydrogen (secondary N) is 1. The van der Waals surface area contributed by atoms with Gasteiger partial charge in [-0.2, -0.15) is 5.26 Å². The van der Waals surface area contributed by atoms with Gasteiger partial charge in [0, 0.05) is 25.7 Å². The predicted molar refractivity (Wildman–Crippen MR) is 128 cm³/mol. The molecule has 36 heavy (non-hydrogen) atoms. The van der Waals surface area contributed by atoms with Gasteiger partial charge in [-0.1, -0.05) is 0 Å². The second kappa shape index (κ2) is 12.2. The van der Waals surface area contributed by atoms with Gasteiger partial charge in [-0.3, -0.25) is 19.2 Å². The van der Waals surface area contributed by atoms with Gasteiger partial charge in [0.15, 0.2) is 0 Å². The fourth-order valence-corrected chi connectivity index (χ4v) is 5.35. The highest BCUT2D eigenvalue weighted by atomic mass is 16.5. The van der Waals surface area contributed by atoms with E-state index in [1.807, 2.05) is 13.8 Å². The Balaban J connectivity index is 1.59. The number of rotatable bonds is 8. The molecule has 3 aliphatic heterocycles. The van der Waals surface area contributed by atoms with Crippen molar-refractivity contribution >= 4 is 30.1 Å². The van der Waals surface area contributed by atoms with Crippen molar-refractivity contribution in [2.24, 2.45) is 5.92 Å². The van der Waals surface area contributed by atoms with Crippen LogP contribution in [0.4, 0.5) is 0 Å². The average Bonchev–Trinajstić information content (AvgIpc) is 3.50. The lowest BCUT2D eigenvalue weighted by atomic mass is 9.99. The summed E-state index contributed by atoms with van der Waals surface area (Å²) in [5.41, 5.74) is 0. The molecule has 3 rings (SSSR count). The Kier molecular flexibility index (Phi) is 9.29. The van der Waals surface area contributed by atoms with Crippen LogP contribution in [0, 0.1) is 17.2 Å². The topological polar surface area (TPSA) is 140 Å². The van der Waals surface area contributed by atoms with Crippen LogP contribution in [0.3, 0.4) is 0 Å². The minimum absolute atomic E-state index is 0.0289. The number of carbonyl (C=O) groups is 5. The van der Waals surface area contributed by atoms with Crippen molar-refractivity contribution in [3.05, 3.63) is 0 Å². The molecule has 0 aromatic heterocycles. The fourth-order valence-electron chi connectivity index (χ4n) is 5.35. The van der Waals surface area contributed by atoms with Gasteiger partial charge in [0.05, 0.1) is 18.4 Å². The SMILES string of the molecule is CC(C)NC(=O)C1CCCCN1C(=O)C1CCCN1C(=O)CC(C)OC(=O)C1CC(C#N)CN1C=O. The minimum atomic E-state index is -0.834. The van der Waals surface area contributed by atoms with E-state index < -0.39 is 36.1 Å². The van der Waals surface area contributed by atoms with Crippen LogP contribution in [0.5, 0.6) is 0 Å². The highest BCUT2D eigenvalue weighted by Crippen LogP contribution is 2.26. The van der Waals surface area contributed by atoms with Crippen molar-refractivity contribution in [3.8, 4) is 6.07 Å². The van der Waals surface area contributed by atoms with Crippen molar-refractivity contribution in [1.82, 2.24) is 20.0 Å². The van der Waals surface area contributed by atoms with Gasteiger partial charge in [0.1, 0.15) is 24.2 Å². The molecule has 4 amide bonds. The summed E-state index contributed by atoms with van der Waals surface area (Å²) < 4.78 is 5.44. The molecule has 0 aromatic carbocycles. The Morgan fingerprint density at radius 3 is 2.39 bits per heavy atom. The normalized spacial score (nSPS) is 26.9. The van der Waals surface area contributed by atoms with Crippen molar-refractivity contribution in [2.75, 3.05) is 19.6 Å². The minimum Gasteiger partial charge on any atom is -0.461 e. The smallest absolute Gasteiger partial charge is 0.329 e. The van der Waals surface area contributed by atoms with Crippen LogP contribution in [0.1, 0.15) is 65.7 Å². The van der Waals surface area contributed by atoms with Crippen LogP contribution in [-0.2, 0) is 28.7 Å². The third-order valence-corrected chi connectivity index (χ3v) is 7.09. The first-order chi connectivity index (χ1) is 17.2. The first kappa shape index (κ1) is 27.4. The quantitative estimate of drug-likeness (QED) is 0.377. The third kappa shape index (κ3) is 6.33. The number of carbonyl (C=O) groups excluding carboxylic acids is 5. The molecule has 0 aliphatic carbocycles. The third-order valence-electron chi connectivity index (χ3n) is 7.09. The molecule has 11 nitrogen and oxygen atoms in total. The van der Waals surface area contributed by atoms with Gasteiger partial charge in [-0.15, -0.1) is 0 Å². The van der Waals surface area contributed by atoms with E-state index in [0.717, 1.165) is 12.8 Å². The van der Waals surface area contributed by atoms with Crippen LogP contribution in [-0.4, -0.2) is 94.7 Å². The molecule has 0 saturated carbocycles. The summed E-state index contributed by atoms with van der Waals surface area (Å²) in [4.78, 5) is 67.6. The number of hydrogen-bond donors (Lipinski definition) is 1. The lowest BCUT2D eigenvalue weighted by Gasteiger charge is -2.38. The summed E-state index contributed by atoms with van der Waals surface area (Å²) in [6, 6.07) is 0.0373. The van der Waals surface area contributed by atoms with Crippen LogP contribution < -0.4 is 5.32 Å². The van der Waals surface area contributed by atoms with E-state index in [1.165, 1.54) is 9.80 Å². The van der Waals surface area contributed by atoms with E-state index in [-0.39, 0.29) is 43.1 Å². The summed E-state index contributed by atoms with van der Waals surface area (Å²) >= 11 is 0. The number of amides is 4. The van der Waals surface area contributed by atoms with Crippen LogP contribution in [0.2, 0.25) is 0 Å². The first-order valence-electron chi connectivity index (χ1n) is 12.9. The van der Waals surface area contributed by atoms with Gasteiger partial charge in [0.25, 0.3) is 0 Å².